The summed E-state index contributed by atoms with van der Waals surface area (Å²) in [6.07, 6.45) is 1.83. The summed E-state index contributed by atoms with van der Waals surface area (Å²) in [6.45, 7) is 4.41. The SMILES string of the molecule is CC(C)c1ccc2c(Br)nccc2c1. The molecule has 0 aliphatic rings. The first kappa shape index (κ1) is 9.66. The second-order valence-electron chi connectivity index (χ2n) is 3.74. The molecule has 1 heterocycles. The lowest BCUT2D eigenvalue weighted by atomic mass is 10.0. The quantitative estimate of drug-likeness (QED) is 0.693. The van der Waals surface area contributed by atoms with Crippen LogP contribution in [0, 0.1) is 0 Å². The first-order valence-electron chi connectivity index (χ1n) is 4.72. The van der Waals surface area contributed by atoms with Crippen LogP contribution in [-0.4, -0.2) is 4.98 Å². The van der Waals surface area contributed by atoms with Crippen LogP contribution in [0.5, 0.6) is 0 Å². The van der Waals surface area contributed by atoms with Crippen molar-refractivity contribution in [2.45, 2.75) is 19.8 Å². The van der Waals surface area contributed by atoms with Crippen LogP contribution < -0.4 is 0 Å². The highest BCUT2D eigenvalue weighted by molar-refractivity contribution is 9.10. The highest BCUT2D eigenvalue weighted by Crippen LogP contribution is 2.25. The third-order valence-electron chi connectivity index (χ3n) is 2.41. The maximum atomic E-state index is 4.20. The number of halogens is 1. The molecule has 0 spiro atoms. The van der Waals surface area contributed by atoms with Crippen molar-refractivity contribution in [2.75, 3.05) is 0 Å². The lowest BCUT2D eigenvalue weighted by Crippen LogP contribution is -1.87. The smallest absolute Gasteiger partial charge is 0.113 e. The van der Waals surface area contributed by atoms with Crippen LogP contribution in [-0.2, 0) is 0 Å². The van der Waals surface area contributed by atoms with Gasteiger partial charge in [0.05, 0.1) is 0 Å². The average Bonchev–Trinajstić information content (AvgIpc) is 2.17. The van der Waals surface area contributed by atoms with E-state index in [0.717, 1.165) is 4.60 Å². The van der Waals surface area contributed by atoms with Gasteiger partial charge in [-0.25, -0.2) is 4.98 Å². The van der Waals surface area contributed by atoms with Gasteiger partial charge in [-0.15, -0.1) is 0 Å². The Morgan fingerprint density at radius 2 is 2.00 bits per heavy atom. The van der Waals surface area contributed by atoms with Crippen molar-refractivity contribution in [1.29, 1.82) is 0 Å². The minimum atomic E-state index is 0.575. The van der Waals surface area contributed by atoms with Crippen molar-refractivity contribution >= 4 is 26.7 Å². The van der Waals surface area contributed by atoms with E-state index in [-0.39, 0.29) is 0 Å². The minimum absolute atomic E-state index is 0.575. The highest BCUT2D eigenvalue weighted by Gasteiger charge is 2.02. The van der Waals surface area contributed by atoms with Crippen LogP contribution in [0.15, 0.2) is 35.1 Å². The lowest BCUT2D eigenvalue weighted by molar-refractivity contribution is 0.868. The molecule has 14 heavy (non-hydrogen) atoms. The van der Waals surface area contributed by atoms with E-state index in [1.165, 1.54) is 16.3 Å². The highest BCUT2D eigenvalue weighted by atomic mass is 79.9. The van der Waals surface area contributed by atoms with Gasteiger partial charge in [0.15, 0.2) is 0 Å². The summed E-state index contributed by atoms with van der Waals surface area (Å²) in [7, 11) is 0. The van der Waals surface area contributed by atoms with Gasteiger partial charge in [0.2, 0.25) is 0 Å². The van der Waals surface area contributed by atoms with Crippen LogP contribution in [0.25, 0.3) is 10.8 Å². The number of pyridine rings is 1. The standard InChI is InChI=1S/C12H12BrN/c1-8(2)9-3-4-11-10(7-9)5-6-14-12(11)13/h3-8H,1-2H3. The van der Waals surface area contributed by atoms with E-state index in [1.807, 2.05) is 12.3 Å². The Labute approximate surface area is 92.3 Å². The van der Waals surface area contributed by atoms with Gasteiger partial charge in [-0.3, -0.25) is 0 Å². The molecule has 1 nitrogen and oxygen atoms in total. The maximum Gasteiger partial charge on any atom is 0.113 e. The Hall–Kier alpha value is -0.890. The number of hydrogen-bond acceptors (Lipinski definition) is 1. The monoisotopic (exact) mass is 249 g/mol. The molecule has 0 saturated carbocycles. The number of aromatic nitrogens is 1. The summed E-state index contributed by atoms with van der Waals surface area (Å²) in [5.41, 5.74) is 1.37. The van der Waals surface area contributed by atoms with Crippen LogP contribution in [0.1, 0.15) is 25.3 Å². The molecule has 72 valence electrons. The molecule has 0 aliphatic carbocycles. The van der Waals surface area contributed by atoms with Gasteiger partial charge in [0.1, 0.15) is 4.60 Å². The van der Waals surface area contributed by atoms with Crippen LogP contribution in [0.2, 0.25) is 0 Å². The van der Waals surface area contributed by atoms with E-state index >= 15 is 0 Å². The summed E-state index contributed by atoms with van der Waals surface area (Å²) in [6, 6.07) is 8.57. The summed E-state index contributed by atoms with van der Waals surface area (Å²) >= 11 is 3.45. The predicted octanol–water partition coefficient (Wildman–Crippen LogP) is 4.12. The molecule has 0 bridgehead atoms. The third-order valence-corrected chi connectivity index (χ3v) is 3.04. The van der Waals surface area contributed by atoms with Crippen molar-refractivity contribution in [3.8, 4) is 0 Å². The fourth-order valence-electron chi connectivity index (χ4n) is 1.52. The molecule has 0 radical (unpaired) electrons. The largest absolute Gasteiger partial charge is 0.249 e. The minimum Gasteiger partial charge on any atom is -0.249 e. The van der Waals surface area contributed by atoms with Gasteiger partial charge in [-0.1, -0.05) is 32.0 Å². The zero-order valence-electron chi connectivity index (χ0n) is 8.29. The number of nitrogens with zero attached hydrogens (tertiary/aromatic N) is 1. The predicted molar refractivity (Wildman–Crippen MR) is 63.5 cm³/mol. The number of rotatable bonds is 1. The van der Waals surface area contributed by atoms with Crippen molar-refractivity contribution in [2.24, 2.45) is 0 Å². The van der Waals surface area contributed by atoms with E-state index in [4.69, 9.17) is 0 Å². The molecule has 0 fully saturated rings. The Morgan fingerprint density at radius 3 is 2.71 bits per heavy atom. The lowest BCUT2D eigenvalue weighted by Gasteiger charge is -2.07. The Balaban J connectivity index is 2.67. The van der Waals surface area contributed by atoms with Gasteiger partial charge in [0.25, 0.3) is 0 Å². The Morgan fingerprint density at radius 1 is 1.21 bits per heavy atom. The van der Waals surface area contributed by atoms with E-state index in [0.29, 0.717) is 5.92 Å². The van der Waals surface area contributed by atoms with Gasteiger partial charge in [0, 0.05) is 11.6 Å². The van der Waals surface area contributed by atoms with Gasteiger partial charge < -0.3 is 0 Å². The normalized spacial score (nSPS) is 11.1. The number of benzene rings is 1. The average molecular weight is 250 g/mol. The van der Waals surface area contributed by atoms with Crippen molar-refractivity contribution < 1.29 is 0 Å². The fourth-order valence-corrected chi connectivity index (χ4v) is 2.00. The van der Waals surface area contributed by atoms with Crippen molar-refractivity contribution in [1.82, 2.24) is 4.98 Å². The van der Waals surface area contributed by atoms with E-state index in [2.05, 4.69) is 53.0 Å². The van der Waals surface area contributed by atoms with Crippen LogP contribution in [0.3, 0.4) is 0 Å². The Bertz CT molecular complexity index is 463. The molecule has 2 aromatic rings. The maximum absolute atomic E-state index is 4.20. The summed E-state index contributed by atoms with van der Waals surface area (Å²) in [5, 5.41) is 2.43. The van der Waals surface area contributed by atoms with E-state index in [9.17, 15) is 0 Å². The molecular weight excluding hydrogens is 238 g/mol. The van der Waals surface area contributed by atoms with E-state index in [1.54, 1.807) is 0 Å². The summed E-state index contributed by atoms with van der Waals surface area (Å²) in [4.78, 5) is 4.20. The molecule has 1 aromatic carbocycles. The molecule has 0 atom stereocenters. The van der Waals surface area contributed by atoms with Crippen molar-refractivity contribution in [3.05, 3.63) is 40.6 Å². The molecule has 2 heteroatoms. The molecule has 0 N–H and O–H groups in total. The number of hydrogen-bond donors (Lipinski definition) is 0. The first-order chi connectivity index (χ1) is 6.68. The van der Waals surface area contributed by atoms with Crippen molar-refractivity contribution in [3.63, 3.8) is 0 Å². The summed E-state index contributed by atoms with van der Waals surface area (Å²) < 4.78 is 0.922. The van der Waals surface area contributed by atoms with Crippen LogP contribution in [0.4, 0.5) is 0 Å². The molecule has 0 saturated heterocycles. The zero-order valence-corrected chi connectivity index (χ0v) is 9.88. The molecule has 0 amide bonds. The molecule has 2 rings (SSSR count). The first-order valence-corrected chi connectivity index (χ1v) is 5.52. The summed E-state index contributed by atoms with van der Waals surface area (Å²) in [5.74, 6) is 0.575. The zero-order chi connectivity index (χ0) is 10.1. The van der Waals surface area contributed by atoms with Gasteiger partial charge >= 0.3 is 0 Å². The topological polar surface area (TPSA) is 12.9 Å². The molecule has 1 aromatic heterocycles. The van der Waals surface area contributed by atoms with Gasteiger partial charge in [-0.2, -0.15) is 0 Å². The second kappa shape index (κ2) is 3.70. The third kappa shape index (κ3) is 1.67. The Kier molecular flexibility index (Phi) is 2.55. The fraction of sp³-hybridized carbons (Fsp3) is 0.250. The molecular formula is C12H12BrN. The van der Waals surface area contributed by atoms with Crippen LogP contribution >= 0.6 is 15.9 Å². The van der Waals surface area contributed by atoms with Gasteiger partial charge in [-0.05, 0) is 38.9 Å². The molecule has 0 unspecified atom stereocenters. The van der Waals surface area contributed by atoms with E-state index < -0.39 is 0 Å². The second-order valence-corrected chi connectivity index (χ2v) is 4.49. The molecule has 0 aliphatic heterocycles. The number of fused-ring (bicyclic) bond motifs is 1.